The van der Waals surface area contributed by atoms with Gasteiger partial charge < -0.3 is 30.9 Å². The number of ether oxygens (including phenoxy) is 1. The Labute approximate surface area is 207 Å². The highest BCUT2D eigenvalue weighted by Gasteiger charge is 2.38. The third-order valence-corrected chi connectivity index (χ3v) is 5.69. The highest BCUT2D eigenvalue weighted by atomic mass is 19.4. The summed E-state index contributed by atoms with van der Waals surface area (Å²) in [7, 11) is 1.94. The number of hydrogen-bond acceptors (Lipinski definition) is 6. The normalized spacial score (nSPS) is 17.8. The summed E-state index contributed by atoms with van der Waals surface area (Å²) in [5, 5.41) is 19.8. The number of aliphatic carboxylic acids is 1. The first-order valence-electron chi connectivity index (χ1n) is 11.3. The van der Waals surface area contributed by atoms with Gasteiger partial charge in [0.2, 0.25) is 5.91 Å². The Bertz CT molecular complexity index is 1030. The van der Waals surface area contributed by atoms with Gasteiger partial charge in [0, 0.05) is 25.3 Å². The lowest BCUT2D eigenvalue weighted by atomic mass is 9.95. The number of anilines is 1. The first kappa shape index (κ1) is 28.9. The second-order valence-corrected chi connectivity index (χ2v) is 8.79. The predicted molar refractivity (Wildman–Crippen MR) is 129 cm³/mol. The highest BCUT2D eigenvalue weighted by Crippen LogP contribution is 2.31. The van der Waals surface area contributed by atoms with Gasteiger partial charge in [0.05, 0.1) is 12.6 Å². The minimum Gasteiger partial charge on any atom is -0.489 e. The molecule has 0 aliphatic carbocycles. The molecule has 8 nitrogen and oxygen atoms in total. The molecule has 36 heavy (non-hydrogen) atoms. The monoisotopic (exact) mass is 511 g/mol. The molecule has 1 amide bonds. The van der Waals surface area contributed by atoms with Crippen molar-refractivity contribution in [2.45, 2.75) is 51.7 Å². The number of alkyl halides is 3. The van der Waals surface area contributed by atoms with Gasteiger partial charge in [0.25, 0.3) is 0 Å². The number of halogens is 3. The fourth-order valence-electron chi connectivity index (χ4n) is 3.86. The lowest BCUT2D eigenvalue weighted by Crippen LogP contribution is -2.54. The molecule has 0 aromatic heterocycles. The van der Waals surface area contributed by atoms with Crippen molar-refractivity contribution in [3.05, 3.63) is 59.2 Å². The molecule has 5 N–H and O–H groups in total. The topological polar surface area (TPSA) is 125 Å². The zero-order chi connectivity index (χ0) is 27.0. The van der Waals surface area contributed by atoms with Crippen LogP contribution >= 0.6 is 0 Å². The van der Waals surface area contributed by atoms with Crippen molar-refractivity contribution in [1.29, 1.82) is 0 Å². The summed E-state index contributed by atoms with van der Waals surface area (Å²) in [6.45, 7) is 4.96. The minimum atomic E-state index is -5.08. The van der Waals surface area contributed by atoms with Crippen LogP contribution in [0, 0.1) is 5.92 Å². The Morgan fingerprint density at radius 1 is 1.19 bits per heavy atom. The van der Waals surface area contributed by atoms with Gasteiger partial charge in [-0.3, -0.25) is 4.79 Å². The molecule has 2 atom stereocenters. The SMILES string of the molecule is CC(C)[C@H]1C(=O)N[C@H](CO)Cc2ccc(OCc3ccc(CN)cc3)cc2N1C.O=C(O)C(F)(F)F. The van der Waals surface area contributed by atoms with Gasteiger partial charge in [-0.25, -0.2) is 4.79 Å². The van der Waals surface area contributed by atoms with Gasteiger partial charge in [-0.2, -0.15) is 13.2 Å². The summed E-state index contributed by atoms with van der Waals surface area (Å²) in [4.78, 5) is 23.7. The van der Waals surface area contributed by atoms with E-state index < -0.39 is 12.1 Å². The molecule has 198 valence electrons. The van der Waals surface area contributed by atoms with Crippen LogP contribution in [0.4, 0.5) is 18.9 Å². The van der Waals surface area contributed by atoms with E-state index in [2.05, 4.69) is 5.32 Å². The van der Waals surface area contributed by atoms with Crippen molar-refractivity contribution in [3.63, 3.8) is 0 Å². The average Bonchev–Trinajstić information content (AvgIpc) is 2.82. The molecule has 0 unspecified atom stereocenters. The number of carboxylic acids is 1. The predicted octanol–water partition coefficient (Wildman–Crippen LogP) is 2.85. The van der Waals surface area contributed by atoms with Crippen LogP contribution in [0.15, 0.2) is 42.5 Å². The Morgan fingerprint density at radius 3 is 2.28 bits per heavy atom. The number of hydrogen-bond donors (Lipinski definition) is 4. The van der Waals surface area contributed by atoms with E-state index in [0.717, 1.165) is 28.1 Å². The first-order chi connectivity index (χ1) is 16.9. The number of benzene rings is 2. The number of aliphatic hydroxyl groups excluding tert-OH is 1. The molecule has 0 fully saturated rings. The Morgan fingerprint density at radius 2 is 1.78 bits per heavy atom. The molecule has 1 aliphatic rings. The maximum atomic E-state index is 12.7. The van der Waals surface area contributed by atoms with Crippen molar-refractivity contribution < 1.29 is 37.7 Å². The number of carbonyl (C=O) groups is 2. The number of fused-ring (bicyclic) bond motifs is 1. The number of nitrogens with zero attached hydrogens (tertiary/aromatic N) is 1. The number of carbonyl (C=O) groups excluding carboxylic acids is 1. The van der Waals surface area contributed by atoms with Gasteiger partial charge in [0.1, 0.15) is 18.4 Å². The second kappa shape index (κ2) is 12.6. The van der Waals surface area contributed by atoms with Gasteiger partial charge in [0.15, 0.2) is 0 Å². The highest BCUT2D eigenvalue weighted by molar-refractivity contribution is 5.86. The molecule has 0 saturated carbocycles. The van der Waals surface area contributed by atoms with E-state index in [1.807, 2.05) is 68.3 Å². The summed E-state index contributed by atoms with van der Waals surface area (Å²) >= 11 is 0. The number of likely N-dealkylation sites (N-methyl/N-ethyl adjacent to an activating group) is 1. The summed E-state index contributed by atoms with van der Waals surface area (Å²) in [5.74, 6) is -1.94. The second-order valence-electron chi connectivity index (χ2n) is 8.79. The molecule has 11 heteroatoms. The van der Waals surface area contributed by atoms with E-state index in [9.17, 15) is 23.1 Å². The molecule has 0 bridgehead atoms. The quantitative estimate of drug-likeness (QED) is 0.470. The van der Waals surface area contributed by atoms with Crippen LogP contribution in [0.5, 0.6) is 5.75 Å². The lowest BCUT2D eigenvalue weighted by Gasteiger charge is -2.37. The Hall–Kier alpha value is -3.31. The van der Waals surface area contributed by atoms with Crippen molar-refractivity contribution in [1.82, 2.24) is 5.32 Å². The van der Waals surface area contributed by atoms with Crippen molar-refractivity contribution in [3.8, 4) is 5.75 Å². The van der Waals surface area contributed by atoms with Crippen LogP contribution in [0.3, 0.4) is 0 Å². The van der Waals surface area contributed by atoms with Gasteiger partial charge >= 0.3 is 12.1 Å². The summed E-state index contributed by atoms with van der Waals surface area (Å²) in [6, 6.07) is 13.4. The molecule has 0 saturated heterocycles. The third-order valence-electron chi connectivity index (χ3n) is 5.69. The Balaban J connectivity index is 0.000000572. The lowest BCUT2D eigenvalue weighted by molar-refractivity contribution is -0.192. The van der Waals surface area contributed by atoms with E-state index in [4.69, 9.17) is 20.4 Å². The zero-order valence-corrected chi connectivity index (χ0v) is 20.4. The fourth-order valence-corrected chi connectivity index (χ4v) is 3.86. The molecular weight excluding hydrogens is 479 g/mol. The summed E-state index contributed by atoms with van der Waals surface area (Å²) in [5.41, 5.74) is 9.86. The first-order valence-corrected chi connectivity index (χ1v) is 11.3. The number of rotatable bonds is 6. The van der Waals surface area contributed by atoms with E-state index >= 15 is 0 Å². The number of carboxylic acid groups (broad SMARTS) is 1. The van der Waals surface area contributed by atoms with Crippen molar-refractivity contribution >= 4 is 17.6 Å². The van der Waals surface area contributed by atoms with Gasteiger partial charge in [-0.15, -0.1) is 0 Å². The van der Waals surface area contributed by atoms with Crippen LogP contribution in [-0.4, -0.2) is 54.0 Å². The summed E-state index contributed by atoms with van der Waals surface area (Å²) in [6.07, 6.45) is -4.51. The maximum absolute atomic E-state index is 12.7. The van der Waals surface area contributed by atoms with Crippen molar-refractivity contribution in [2.24, 2.45) is 11.7 Å². The molecule has 1 heterocycles. The fraction of sp³-hybridized carbons (Fsp3) is 0.440. The van der Waals surface area contributed by atoms with E-state index in [1.165, 1.54) is 0 Å². The molecule has 0 spiro atoms. The van der Waals surface area contributed by atoms with E-state index in [0.29, 0.717) is 19.6 Å². The Kier molecular flexibility index (Phi) is 10.1. The van der Waals surface area contributed by atoms with E-state index in [-0.39, 0.29) is 30.5 Å². The number of nitrogens with one attached hydrogen (secondary N) is 1. The van der Waals surface area contributed by atoms with E-state index in [1.54, 1.807) is 0 Å². The molecule has 0 radical (unpaired) electrons. The average molecular weight is 512 g/mol. The summed E-state index contributed by atoms with van der Waals surface area (Å²) < 4.78 is 37.8. The third kappa shape index (κ3) is 7.85. The largest absolute Gasteiger partial charge is 0.490 e. The van der Waals surface area contributed by atoms with Crippen LogP contribution in [-0.2, 0) is 29.2 Å². The molecule has 3 rings (SSSR count). The maximum Gasteiger partial charge on any atom is 0.490 e. The molecule has 2 aromatic carbocycles. The zero-order valence-electron chi connectivity index (χ0n) is 20.4. The number of amides is 1. The van der Waals surface area contributed by atoms with Crippen molar-refractivity contribution in [2.75, 3.05) is 18.6 Å². The smallest absolute Gasteiger partial charge is 0.489 e. The minimum absolute atomic E-state index is 0.0569. The standard InChI is InChI=1S/C23H31N3O3.C2HF3O2/c1-15(2)22-23(28)25-19(13-27)10-18-8-9-20(11-21(18)26(22)3)29-14-17-6-4-16(12-24)5-7-17;3-2(4,5)1(6)7/h4-9,11,15,19,22,27H,10,12-14,24H2,1-3H3,(H,25,28);(H,6,7)/t19-,22-;/m0./s1. The number of nitrogens with two attached hydrogens (primary N) is 1. The molecular formula is C25H32F3N3O5. The van der Waals surface area contributed by atoms with Crippen LogP contribution in [0.1, 0.15) is 30.5 Å². The molecule has 2 aromatic rings. The number of aliphatic hydroxyl groups is 1. The van der Waals surface area contributed by atoms with Crippen LogP contribution < -0.4 is 20.7 Å². The van der Waals surface area contributed by atoms with Crippen LogP contribution in [0.2, 0.25) is 0 Å². The van der Waals surface area contributed by atoms with Gasteiger partial charge in [-0.05, 0) is 35.1 Å². The van der Waals surface area contributed by atoms with Crippen LogP contribution in [0.25, 0.3) is 0 Å². The van der Waals surface area contributed by atoms with Gasteiger partial charge in [-0.1, -0.05) is 44.2 Å². The molecule has 1 aliphatic heterocycles.